The summed E-state index contributed by atoms with van der Waals surface area (Å²) in [5.41, 5.74) is 0.311. The highest BCUT2D eigenvalue weighted by Crippen LogP contribution is 2.23. The maximum atomic E-state index is 12.0. The van der Waals surface area contributed by atoms with Gasteiger partial charge < -0.3 is 5.32 Å². The first-order valence-corrected chi connectivity index (χ1v) is 9.14. The highest BCUT2D eigenvalue weighted by Gasteiger charge is 2.15. The standard InChI is InChI=1S/C13H12Cl2N2O3S2/c1-16-22(19,20)12-5-3-9(21-12)7-17-13(18)10-4-2-8(14)6-11(10)15/h2-6,16H,7H2,1H3,(H,17,18). The number of rotatable bonds is 5. The average molecular weight is 379 g/mol. The van der Waals surface area contributed by atoms with E-state index in [2.05, 4.69) is 10.0 Å². The maximum Gasteiger partial charge on any atom is 0.253 e. The number of benzene rings is 1. The Kier molecular flexibility index (Phi) is 5.46. The number of thiophene rings is 1. The van der Waals surface area contributed by atoms with Crippen molar-refractivity contribution < 1.29 is 13.2 Å². The number of nitrogens with one attached hydrogen (secondary N) is 2. The molecule has 0 aliphatic carbocycles. The molecule has 0 radical (unpaired) electrons. The molecule has 1 aromatic heterocycles. The Balaban J connectivity index is 2.06. The van der Waals surface area contributed by atoms with Gasteiger partial charge >= 0.3 is 0 Å². The zero-order valence-corrected chi connectivity index (χ0v) is 14.5. The van der Waals surface area contributed by atoms with E-state index < -0.39 is 10.0 Å². The molecule has 22 heavy (non-hydrogen) atoms. The molecule has 1 amide bonds. The Labute approximate surface area is 142 Å². The fourth-order valence-electron chi connectivity index (χ4n) is 1.63. The molecule has 0 bridgehead atoms. The van der Waals surface area contributed by atoms with E-state index in [1.54, 1.807) is 12.1 Å². The third-order valence-corrected chi connectivity index (χ3v) is 6.31. The second kappa shape index (κ2) is 6.97. The van der Waals surface area contributed by atoms with Crippen molar-refractivity contribution in [1.29, 1.82) is 0 Å². The lowest BCUT2D eigenvalue weighted by molar-refractivity contribution is 0.0951. The number of sulfonamides is 1. The van der Waals surface area contributed by atoms with Gasteiger partial charge in [0, 0.05) is 9.90 Å². The minimum Gasteiger partial charge on any atom is -0.347 e. The normalized spacial score (nSPS) is 11.4. The number of hydrogen-bond acceptors (Lipinski definition) is 4. The summed E-state index contributed by atoms with van der Waals surface area (Å²) < 4.78 is 25.7. The van der Waals surface area contributed by atoms with Gasteiger partial charge in [-0.15, -0.1) is 11.3 Å². The predicted octanol–water partition coefficient (Wildman–Crippen LogP) is 2.89. The van der Waals surface area contributed by atoms with Gasteiger partial charge in [0.25, 0.3) is 5.91 Å². The molecule has 0 unspecified atom stereocenters. The molecule has 5 nitrogen and oxygen atoms in total. The Morgan fingerprint density at radius 1 is 1.23 bits per heavy atom. The number of carbonyl (C=O) groups is 1. The molecule has 0 fully saturated rings. The van der Waals surface area contributed by atoms with Crippen LogP contribution in [0.15, 0.2) is 34.5 Å². The summed E-state index contributed by atoms with van der Waals surface area (Å²) in [7, 11) is -2.11. The minimum absolute atomic E-state index is 0.198. The molecule has 2 N–H and O–H groups in total. The number of hydrogen-bond donors (Lipinski definition) is 2. The molecular weight excluding hydrogens is 367 g/mol. The van der Waals surface area contributed by atoms with Gasteiger partial charge in [0.2, 0.25) is 10.0 Å². The Morgan fingerprint density at radius 3 is 2.59 bits per heavy atom. The zero-order valence-electron chi connectivity index (χ0n) is 11.4. The van der Waals surface area contributed by atoms with Crippen molar-refractivity contribution in [2.75, 3.05) is 7.05 Å². The third kappa shape index (κ3) is 3.99. The highest BCUT2D eigenvalue weighted by atomic mass is 35.5. The monoisotopic (exact) mass is 378 g/mol. The zero-order chi connectivity index (χ0) is 16.3. The summed E-state index contributed by atoms with van der Waals surface area (Å²) in [6, 6.07) is 7.74. The summed E-state index contributed by atoms with van der Waals surface area (Å²) >= 11 is 12.8. The Morgan fingerprint density at radius 2 is 1.95 bits per heavy atom. The summed E-state index contributed by atoms with van der Waals surface area (Å²) in [6.07, 6.45) is 0. The molecule has 0 atom stereocenters. The van der Waals surface area contributed by atoms with Gasteiger partial charge in [-0.25, -0.2) is 13.1 Å². The van der Waals surface area contributed by atoms with E-state index in [-0.39, 0.29) is 21.7 Å². The molecule has 2 rings (SSSR count). The van der Waals surface area contributed by atoms with Gasteiger partial charge in [0.05, 0.1) is 17.1 Å². The van der Waals surface area contributed by atoms with Crippen LogP contribution in [0.5, 0.6) is 0 Å². The van der Waals surface area contributed by atoms with E-state index in [0.29, 0.717) is 15.5 Å². The van der Waals surface area contributed by atoms with Crippen LogP contribution in [0.3, 0.4) is 0 Å². The number of carbonyl (C=O) groups excluding carboxylic acids is 1. The molecule has 2 aromatic rings. The lowest BCUT2D eigenvalue weighted by atomic mass is 10.2. The van der Waals surface area contributed by atoms with Crippen molar-refractivity contribution in [3.05, 3.63) is 50.8 Å². The third-order valence-electron chi connectivity index (χ3n) is 2.77. The SMILES string of the molecule is CNS(=O)(=O)c1ccc(CNC(=O)c2ccc(Cl)cc2Cl)s1. The fourth-order valence-corrected chi connectivity index (χ4v) is 4.26. The van der Waals surface area contributed by atoms with Crippen molar-refractivity contribution in [2.45, 2.75) is 10.8 Å². The van der Waals surface area contributed by atoms with Crippen LogP contribution in [0, 0.1) is 0 Å². The van der Waals surface area contributed by atoms with Crippen LogP contribution in [0.4, 0.5) is 0 Å². The van der Waals surface area contributed by atoms with Crippen LogP contribution < -0.4 is 10.0 Å². The fraction of sp³-hybridized carbons (Fsp3) is 0.154. The van der Waals surface area contributed by atoms with E-state index >= 15 is 0 Å². The second-order valence-electron chi connectivity index (χ2n) is 4.24. The second-order valence-corrected chi connectivity index (χ2v) is 8.36. The smallest absolute Gasteiger partial charge is 0.253 e. The lowest BCUT2D eigenvalue weighted by Gasteiger charge is -2.06. The van der Waals surface area contributed by atoms with E-state index in [1.165, 1.54) is 25.2 Å². The topological polar surface area (TPSA) is 75.3 Å². The van der Waals surface area contributed by atoms with Crippen LogP contribution >= 0.6 is 34.5 Å². The minimum atomic E-state index is -3.46. The van der Waals surface area contributed by atoms with Crippen molar-refractivity contribution >= 4 is 50.5 Å². The lowest BCUT2D eigenvalue weighted by Crippen LogP contribution is -2.22. The van der Waals surface area contributed by atoms with Gasteiger partial charge in [-0.05, 0) is 37.4 Å². The predicted molar refractivity (Wildman–Crippen MR) is 88.2 cm³/mol. The van der Waals surface area contributed by atoms with Crippen molar-refractivity contribution in [1.82, 2.24) is 10.0 Å². The molecular formula is C13H12Cl2N2O3S2. The van der Waals surface area contributed by atoms with Gasteiger partial charge in [-0.3, -0.25) is 4.79 Å². The Hall–Kier alpha value is -1.12. The molecule has 1 heterocycles. The largest absolute Gasteiger partial charge is 0.347 e. The molecule has 1 aromatic carbocycles. The first kappa shape index (κ1) is 17.2. The highest BCUT2D eigenvalue weighted by molar-refractivity contribution is 7.91. The molecule has 9 heteroatoms. The van der Waals surface area contributed by atoms with E-state index in [1.807, 2.05) is 0 Å². The van der Waals surface area contributed by atoms with Gasteiger partial charge in [-0.2, -0.15) is 0 Å². The summed E-state index contributed by atoms with van der Waals surface area (Å²) in [6.45, 7) is 0.210. The van der Waals surface area contributed by atoms with Crippen LogP contribution in [-0.2, 0) is 16.6 Å². The first-order chi connectivity index (χ1) is 10.3. The van der Waals surface area contributed by atoms with Crippen molar-refractivity contribution in [3.8, 4) is 0 Å². The first-order valence-electron chi connectivity index (χ1n) is 6.09. The van der Waals surface area contributed by atoms with Crippen molar-refractivity contribution in [2.24, 2.45) is 0 Å². The molecule has 0 saturated carbocycles. The van der Waals surface area contributed by atoms with Gasteiger partial charge in [0.1, 0.15) is 4.21 Å². The molecule has 0 aliphatic heterocycles. The molecule has 118 valence electrons. The van der Waals surface area contributed by atoms with Crippen LogP contribution in [0.2, 0.25) is 10.0 Å². The summed E-state index contributed by atoms with van der Waals surface area (Å²) in [5, 5.41) is 3.39. The number of halogens is 2. The molecule has 0 aliphatic rings. The van der Waals surface area contributed by atoms with Gasteiger partial charge in [-0.1, -0.05) is 23.2 Å². The Bertz CT molecular complexity index is 803. The molecule has 0 saturated heterocycles. The molecule has 0 spiro atoms. The maximum absolute atomic E-state index is 12.0. The van der Waals surface area contributed by atoms with Crippen LogP contribution in [0.25, 0.3) is 0 Å². The van der Waals surface area contributed by atoms with Crippen LogP contribution in [0.1, 0.15) is 15.2 Å². The van der Waals surface area contributed by atoms with E-state index in [9.17, 15) is 13.2 Å². The summed E-state index contributed by atoms with van der Waals surface area (Å²) in [4.78, 5) is 12.8. The quantitative estimate of drug-likeness (QED) is 0.839. The van der Waals surface area contributed by atoms with E-state index in [0.717, 1.165) is 11.3 Å². The van der Waals surface area contributed by atoms with Gasteiger partial charge in [0.15, 0.2) is 0 Å². The van der Waals surface area contributed by atoms with E-state index in [4.69, 9.17) is 23.2 Å². The summed E-state index contributed by atoms with van der Waals surface area (Å²) in [5.74, 6) is -0.354. The van der Waals surface area contributed by atoms with Crippen LogP contribution in [-0.4, -0.2) is 21.4 Å². The number of amides is 1. The van der Waals surface area contributed by atoms with Crippen molar-refractivity contribution in [3.63, 3.8) is 0 Å². The average Bonchev–Trinajstić information content (AvgIpc) is 2.94.